The number of rotatable bonds is 2. The molecule has 1 saturated heterocycles. The van der Waals surface area contributed by atoms with E-state index in [0.29, 0.717) is 0 Å². The Hall–Kier alpha value is -1.47. The number of nitrogens with zero attached hydrogens (tertiary/aromatic N) is 3. The smallest absolute Gasteiger partial charge is 0.348 e. The summed E-state index contributed by atoms with van der Waals surface area (Å²) in [6, 6.07) is 1.06. The fraction of sp³-hybridized carbons (Fsp3) is 0.455. The minimum atomic E-state index is -3.55. The maximum absolute atomic E-state index is 13.0. The molecule has 5 nitrogen and oxygen atoms in total. The average molecular weight is 292 g/mol. The minimum Gasteiger partial charge on any atom is -0.371 e. The van der Waals surface area contributed by atoms with Crippen LogP contribution in [0.4, 0.5) is 19.4 Å². The summed E-state index contributed by atoms with van der Waals surface area (Å²) in [5.74, 6) is -0.0634. The number of halogens is 3. The summed E-state index contributed by atoms with van der Waals surface area (Å²) in [5.41, 5.74) is -0.485. The van der Waals surface area contributed by atoms with Crippen LogP contribution in [0.3, 0.4) is 0 Å². The van der Waals surface area contributed by atoms with Gasteiger partial charge in [0.25, 0.3) is 0 Å². The lowest BCUT2D eigenvalue weighted by Gasteiger charge is -2.20. The second kappa shape index (κ2) is 4.57. The molecule has 0 bridgehead atoms. The van der Waals surface area contributed by atoms with Crippen LogP contribution >= 0.6 is 11.6 Å². The molecule has 1 fully saturated rings. The van der Waals surface area contributed by atoms with E-state index in [2.05, 4.69) is 4.98 Å². The summed E-state index contributed by atoms with van der Waals surface area (Å²) in [4.78, 5) is 18.0. The Morgan fingerprint density at radius 2 is 2.16 bits per heavy atom. The number of amides is 2. The van der Waals surface area contributed by atoms with Crippen molar-refractivity contribution in [2.75, 3.05) is 11.9 Å². The molecule has 1 aliphatic rings. The Morgan fingerprint density at radius 3 is 2.63 bits per heavy atom. The zero-order valence-corrected chi connectivity index (χ0v) is 11.0. The van der Waals surface area contributed by atoms with E-state index in [1.807, 2.05) is 0 Å². The van der Waals surface area contributed by atoms with Crippen molar-refractivity contribution in [3.8, 4) is 0 Å². The summed E-state index contributed by atoms with van der Waals surface area (Å²) in [7, 11) is 1.51. The summed E-state index contributed by atoms with van der Waals surface area (Å²) in [6.45, 7) is 1.64. The molecule has 0 aliphatic carbocycles. The molecular formula is C11H12ClF2N3O2. The Bertz CT molecular complexity index is 509. The third kappa shape index (κ3) is 2.35. The van der Waals surface area contributed by atoms with E-state index in [1.54, 1.807) is 6.92 Å². The molecule has 1 aromatic heterocycles. The zero-order chi connectivity index (χ0) is 14.4. The molecule has 0 radical (unpaired) electrons. The number of alkyl halides is 3. The molecule has 8 heteroatoms. The number of carbonyl (C=O) groups is 1. The van der Waals surface area contributed by atoms with Crippen molar-refractivity contribution in [3.63, 3.8) is 0 Å². The van der Waals surface area contributed by atoms with Gasteiger partial charge in [0.15, 0.2) is 6.23 Å². The van der Waals surface area contributed by atoms with Crippen LogP contribution in [0.5, 0.6) is 0 Å². The number of hydrogen-bond acceptors (Lipinski definition) is 3. The Kier molecular flexibility index (Phi) is 3.36. The van der Waals surface area contributed by atoms with Crippen molar-refractivity contribution in [2.45, 2.75) is 24.6 Å². The standard InChI is InChI=1S/C11H12ClF2N3O2/c1-6-9(18)17(10(19)16(6)2)8-5-7(3-4-15-8)11(12,13)14/h3-6,9,18H,1-2H3. The van der Waals surface area contributed by atoms with Crippen LogP contribution in [-0.4, -0.2) is 40.3 Å². The molecule has 104 valence electrons. The van der Waals surface area contributed by atoms with E-state index in [1.165, 1.54) is 11.9 Å². The van der Waals surface area contributed by atoms with Gasteiger partial charge in [0.05, 0.1) is 6.04 Å². The van der Waals surface area contributed by atoms with Gasteiger partial charge in [-0.2, -0.15) is 8.78 Å². The van der Waals surface area contributed by atoms with Crippen LogP contribution in [0, 0.1) is 0 Å². The summed E-state index contributed by atoms with van der Waals surface area (Å²) >= 11 is 4.93. The number of pyridine rings is 1. The molecule has 2 atom stereocenters. The van der Waals surface area contributed by atoms with Gasteiger partial charge >= 0.3 is 11.4 Å². The average Bonchev–Trinajstić information content (AvgIpc) is 2.53. The lowest BCUT2D eigenvalue weighted by atomic mass is 10.2. The molecular weight excluding hydrogens is 280 g/mol. The lowest BCUT2D eigenvalue weighted by molar-refractivity contribution is 0.0949. The first-order valence-electron chi connectivity index (χ1n) is 5.51. The number of likely N-dealkylation sites (N-methyl/N-ethyl adjacent to an activating group) is 1. The third-order valence-corrected chi connectivity index (χ3v) is 3.35. The van der Waals surface area contributed by atoms with Crippen molar-refractivity contribution in [2.24, 2.45) is 0 Å². The van der Waals surface area contributed by atoms with Gasteiger partial charge in [0, 0.05) is 18.8 Å². The number of urea groups is 1. The first-order chi connectivity index (χ1) is 8.73. The second-order valence-corrected chi connectivity index (χ2v) is 4.79. The van der Waals surface area contributed by atoms with Gasteiger partial charge in [0.2, 0.25) is 0 Å². The predicted molar refractivity (Wildman–Crippen MR) is 65.1 cm³/mol. The molecule has 1 N–H and O–H groups in total. The molecule has 1 aromatic rings. The quantitative estimate of drug-likeness (QED) is 0.847. The molecule has 2 heterocycles. The van der Waals surface area contributed by atoms with E-state index in [-0.39, 0.29) is 5.82 Å². The van der Waals surface area contributed by atoms with Crippen molar-refractivity contribution >= 4 is 23.4 Å². The molecule has 2 rings (SSSR count). The van der Waals surface area contributed by atoms with E-state index in [9.17, 15) is 18.7 Å². The largest absolute Gasteiger partial charge is 0.371 e. The van der Waals surface area contributed by atoms with Gasteiger partial charge in [0.1, 0.15) is 5.82 Å². The lowest BCUT2D eigenvalue weighted by Crippen LogP contribution is -2.36. The van der Waals surface area contributed by atoms with Crippen LogP contribution < -0.4 is 4.90 Å². The Morgan fingerprint density at radius 1 is 1.53 bits per heavy atom. The predicted octanol–water partition coefficient (Wildman–Crippen LogP) is 1.95. The number of anilines is 1. The molecule has 0 aromatic carbocycles. The van der Waals surface area contributed by atoms with Crippen molar-refractivity contribution in [1.82, 2.24) is 9.88 Å². The maximum atomic E-state index is 13.0. The maximum Gasteiger partial charge on any atom is 0.348 e. The van der Waals surface area contributed by atoms with Gasteiger partial charge in [-0.1, -0.05) is 0 Å². The normalized spacial score (nSPS) is 24.2. The fourth-order valence-corrected chi connectivity index (χ4v) is 1.95. The number of carbonyl (C=O) groups excluding carboxylic acids is 1. The van der Waals surface area contributed by atoms with Crippen molar-refractivity contribution < 1.29 is 18.7 Å². The van der Waals surface area contributed by atoms with E-state index in [4.69, 9.17) is 11.6 Å². The molecule has 0 spiro atoms. The first kappa shape index (κ1) is 14.0. The number of aliphatic hydroxyl groups is 1. The zero-order valence-electron chi connectivity index (χ0n) is 10.2. The highest BCUT2D eigenvalue weighted by Crippen LogP contribution is 2.34. The summed E-state index contributed by atoms with van der Waals surface area (Å²) in [5, 5.41) is 6.40. The van der Waals surface area contributed by atoms with Crippen molar-refractivity contribution in [1.29, 1.82) is 0 Å². The van der Waals surface area contributed by atoms with Crippen LogP contribution in [0.2, 0.25) is 0 Å². The topological polar surface area (TPSA) is 56.7 Å². The van der Waals surface area contributed by atoms with Crippen LogP contribution in [-0.2, 0) is 5.38 Å². The molecule has 1 aliphatic heterocycles. The van der Waals surface area contributed by atoms with Gasteiger partial charge in [-0.25, -0.2) is 14.7 Å². The minimum absolute atomic E-state index is 0.0634. The first-order valence-corrected chi connectivity index (χ1v) is 5.88. The van der Waals surface area contributed by atoms with Gasteiger partial charge in [-0.3, -0.25) is 0 Å². The van der Waals surface area contributed by atoms with Crippen molar-refractivity contribution in [3.05, 3.63) is 23.9 Å². The monoisotopic (exact) mass is 291 g/mol. The van der Waals surface area contributed by atoms with Crippen LogP contribution in [0.15, 0.2) is 18.3 Å². The Balaban J connectivity index is 2.40. The third-order valence-electron chi connectivity index (χ3n) is 3.13. The van der Waals surface area contributed by atoms with E-state index in [0.717, 1.165) is 23.2 Å². The van der Waals surface area contributed by atoms with E-state index < -0.39 is 29.2 Å². The van der Waals surface area contributed by atoms with Crippen LogP contribution in [0.1, 0.15) is 12.5 Å². The molecule has 2 unspecified atom stereocenters. The summed E-state index contributed by atoms with van der Waals surface area (Å²) in [6.07, 6.45) is -0.0339. The SMILES string of the molecule is CC1C(O)N(c2cc(C(F)(F)Cl)ccn2)C(=O)N1C. The fourth-order valence-electron chi connectivity index (χ4n) is 1.83. The van der Waals surface area contributed by atoms with Gasteiger partial charge in [-0.05, 0) is 30.7 Å². The van der Waals surface area contributed by atoms with E-state index >= 15 is 0 Å². The Labute approximate surface area is 113 Å². The van der Waals surface area contributed by atoms with Gasteiger partial charge < -0.3 is 10.0 Å². The van der Waals surface area contributed by atoms with Gasteiger partial charge in [-0.15, -0.1) is 0 Å². The highest BCUT2D eigenvalue weighted by atomic mass is 35.5. The molecule has 2 amide bonds. The molecule has 0 saturated carbocycles. The summed E-state index contributed by atoms with van der Waals surface area (Å²) < 4.78 is 26.1. The van der Waals surface area contributed by atoms with Crippen LogP contribution in [0.25, 0.3) is 0 Å². The number of hydrogen-bond donors (Lipinski definition) is 1. The highest BCUT2D eigenvalue weighted by molar-refractivity contribution is 6.21. The molecule has 19 heavy (non-hydrogen) atoms. The highest BCUT2D eigenvalue weighted by Gasteiger charge is 2.42. The number of aliphatic hydroxyl groups excluding tert-OH is 1. The number of aromatic nitrogens is 1. The second-order valence-electron chi connectivity index (χ2n) is 4.32.